The Morgan fingerprint density at radius 1 is 1.10 bits per heavy atom. The van der Waals surface area contributed by atoms with Crippen LogP contribution in [0.1, 0.15) is 16.1 Å². The van der Waals surface area contributed by atoms with Crippen LogP contribution in [0.15, 0.2) is 18.2 Å². The van der Waals surface area contributed by atoms with Gasteiger partial charge in [0, 0.05) is 17.4 Å². The first-order valence-electron chi connectivity index (χ1n) is 5.26. The second-order valence-corrected chi connectivity index (χ2v) is 5.06. The summed E-state index contributed by atoms with van der Waals surface area (Å²) in [5, 5.41) is 2.85. The van der Waals surface area contributed by atoms with E-state index in [4.69, 9.17) is 34.8 Å². The first-order chi connectivity index (χ1) is 9.47. The van der Waals surface area contributed by atoms with Crippen molar-refractivity contribution >= 4 is 59.2 Å². The van der Waals surface area contributed by atoms with Crippen LogP contribution in [0.3, 0.4) is 0 Å². The van der Waals surface area contributed by atoms with Gasteiger partial charge in [0.25, 0.3) is 5.91 Å². The maximum Gasteiger partial charge on any atom is 0.257 e. The summed E-state index contributed by atoms with van der Waals surface area (Å²) in [5.41, 5.74) is 0.853. The Hall–Kier alpha value is -1.08. The Bertz CT molecular complexity index is 648. The van der Waals surface area contributed by atoms with Crippen LogP contribution in [0.2, 0.25) is 15.6 Å². The molecule has 0 spiro atoms. The fourth-order valence-electron chi connectivity index (χ4n) is 1.39. The molecule has 1 N–H and O–H groups in total. The number of hydrogen-bond donors (Lipinski definition) is 2. The maximum atomic E-state index is 12.1. The Morgan fingerprint density at radius 2 is 1.75 bits per heavy atom. The lowest BCUT2D eigenvalue weighted by atomic mass is 10.2. The molecule has 0 aliphatic carbocycles. The molecule has 0 saturated heterocycles. The van der Waals surface area contributed by atoms with Crippen LogP contribution in [-0.4, -0.2) is 20.9 Å². The number of carbonyl (C=O) groups excluding carboxylic acids is 1. The molecule has 0 aliphatic rings. The van der Waals surface area contributed by atoms with E-state index in [1.807, 2.05) is 0 Å². The average molecular weight is 350 g/mol. The minimum atomic E-state index is -0.434. The lowest BCUT2D eigenvalue weighted by molar-refractivity contribution is 0.102. The molecular weight excluding hydrogens is 343 g/mol. The summed E-state index contributed by atoms with van der Waals surface area (Å²) < 4.78 is 0. The van der Waals surface area contributed by atoms with E-state index in [1.165, 1.54) is 12.1 Å². The number of halogens is 3. The van der Waals surface area contributed by atoms with Crippen molar-refractivity contribution in [1.29, 1.82) is 0 Å². The molecule has 0 aromatic carbocycles. The molecule has 0 unspecified atom stereocenters. The predicted molar refractivity (Wildman–Crippen MR) is 81.9 cm³/mol. The molecule has 0 atom stereocenters. The van der Waals surface area contributed by atoms with E-state index in [2.05, 4.69) is 32.9 Å². The van der Waals surface area contributed by atoms with Crippen molar-refractivity contribution in [2.45, 2.75) is 5.75 Å². The zero-order chi connectivity index (χ0) is 14.7. The van der Waals surface area contributed by atoms with Gasteiger partial charge in [-0.05, 0) is 23.7 Å². The minimum Gasteiger partial charge on any atom is -0.306 e. The van der Waals surface area contributed by atoms with E-state index in [1.54, 1.807) is 6.07 Å². The fourth-order valence-corrected chi connectivity index (χ4v) is 2.22. The van der Waals surface area contributed by atoms with Gasteiger partial charge in [0.05, 0.1) is 5.69 Å². The SMILES string of the molecule is O=C(Nc1cc(CS)nc(Cl)n1)c1cc(Cl)nc(Cl)c1. The number of aromatic nitrogens is 3. The van der Waals surface area contributed by atoms with Gasteiger partial charge < -0.3 is 5.32 Å². The second-order valence-electron chi connectivity index (χ2n) is 3.63. The van der Waals surface area contributed by atoms with Crippen molar-refractivity contribution in [2.24, 2.45) is 0 Å². The van der Waals surface area contributed by atoms with Gasteiger partial charge in [-0.1, -0.05) is 23.2 Å². The highest BCUT2D eigenvalue weighted by Crippen LogP contribution is 2.17. The summed E-state index contributed by atoms with van der Waals surface area (Å²) >= 11 is 21.3. The van der Waals surface area contributed by atoms with Crippen LogP contribution in [0.25, 0.3) is 0 Å². The Morgan fingerprint density at radius 3 is 2.35 bits per heavy atom. The average Bonchev–Trinajstić information content (AvgIpc) is 2.36. The zero-order valence-corrected chi connectivity index (χ0v) is 12.9. The van der Waals surface area contributed by atoms with Crippen molar-refractivity contribution in [1.82, 2.24) is 15.0 Å². The van der Waals surface area contributed by atoms with Crippen LogP contribution in [-0.2, 0) is 5.75 Å². The second kappa shape index (κ2) is 6.58. The number of hydrogen-bond acceptors (Lipinski definition) is 5. The molecule has 0 radical (unpaired) electrons. The van der Waals surface area contributed by atoms with Crippen LogP contribution in [0.5, 0.6) is 0 Å². The van der Waals surface area contributed by atoms with Crippen molar-refractivity contribution in [3.63, 3.8) is 0 Å². The molecule has 2 aromatic heterocycles. The quantitative estimate of drug-likeness (QED) is 0.505. The van der Waals surface area contributed by atoms with Gasteiger partial charge in [0.15, 0.2) is 0 Å². The number of nitrogens with one attached hydrogen (secondary N) is 1. The molecule has 2 aromatic rings. The van der Waals surface area contributed by atoms with Crippen LogP contribution in [0.4, 0.5) is 5.82 Å². The number of carbonyl (C=O) groups is 1. The van der Waals surface area contributed by atoms with Crippen molar-refractivity contribution in [2.75, 3.05) is 5.32 Å². The van der Waals surface area contributed by atoms with E-state index in [0.29, 0.717) is 11.4 Å². The molecule has 9 heteroatoms. The van der Waals surface area contributed by atoms with E-state index < -0.39 is 5.91 Å². The summed E-state index contributed by atoms with van der Waals surface area (Å²) in [6.45, 7) is 0. The summed E-state index contributed by atoms with van der Waals surface area (Å²) in [6, 6.07) is 4.36. The van der Waals surface area contributed by atoms with Crippen LogP contribution in [0, 0.1) is 0 Å². The Labute approximate surface area is 135 Å². The van der Waals surface area contributed by atoms with E-state index in [0.717, 1.165) is 0 Å². The van der Waals surface area contributed by atoms with Crippen molar-refractivity contribution < 1.29 is 4.79 Å². The van der Waals surface area contributed by atoms with Gasteiger partial charge in [-0.15, -0.1) is 0 Å². The summed E-state index contributed by atoms with van der Waals surface area (Å²) in [6.07, 6.45) is 0. The van der Waals surface area contributed by atoms with Crippen LogP contribution < -0.4 is 5.32 Å². The lowest BCUT2D eigenvalue weighted by Gasteiger charge is -2.06. The normalized spacial score (nSPS) is 10.4. The largest absolute Gasteiger partial charge is 0.306 e. The Balaban J connectivity index is 2.25. The summed E-state index contributed by atoms with van der Waals surface area (Å²) in [7, 11) is 0. The van der Waals surface area contributed by atoms with Gasteiger partial charge >= 0.3 is 0 Å². The standard InChI is InChI=1S/C11H7Cl3N4OS/c12-7-1-5(2-8(13)16-7)10(19)17-9-3-6(4-20)15-11(14)18-9/h1-3,20H,4H2,(H,15,17,18,19). The van der Waals surface area contributed by atoms with Gasteiger partial charge in [0.1, 0.15) is 16.1 Å². The molecule has 2 heterocycles. The monoisotopic (exact) mass is 348 g/mol. The molecule has 0 aliphatic heterocycles. The summed E-state index contributed by atoms with van der Waals surface area (Å²) in [4.78, 5) is 23.6. The molecule has 104 valence electrons. The third-order valence-electron chi connectivity index (χ3n) is 2.18. The van der Waals surface area contributed by atoms with Gasteiger partial charge in [-0.3, -0.25) is 4.79 Å². The highest BCUT2D eigenvalue weighted by molar-refractivity contribution is 7.79. The predicted octanol–water partition coefficient (Wildman–Crippen LogP) is 3.51. The highest BCUT2D eigenvalue weighted by Gasteiger charge is 2.11. The number of anilines is 1. The zero-order valence-electron chi connectivity index (χ0n) is 9.77. The molecule has 0 fully saturated rings. The summed E-state index contributed by atoms with van der Waals surface area (Å²) in [5.74, 6) is 0.206. The maximum absolute atomic E-state index is 12.1. The lowest BCUT2D eigenvalue weighted by Crippen LogP contribution is -2.14. The smallest absolute Gasteiger partial charge is 0.257 e. The van der Waals surface area contributed by atoms with Gasteiger partial charge in [-0.25, -0.2) is 15.0 Å². The van der Waals surface area contributed by atoms with Crippen molar-refractivity contribution in [3.05, 3.63) is 45.0 Å². The van der Waals surface area contributed by atoms with E-state index in [9.17, 15) is 4.79 Å². The number of pyridine rings is 1. The molecule has 0 saturated carbocycles. The number of nitrogens with zero attached hydrogens (tertiary/aromatic N) is 3. The number of amides is 1. The molecule has 1 amide bonds. The molecule has 2 rings (SSSR count). The molecule has 0 bridgehead atoms. The van der Waals surface area contributed by atoms with Gasteiger partial charge in [0.2, 0.25) is 5.28 Å². The fraction of sp³-hybridized carbons (Fsp3) is 0.0909. The Kier molecular flexibility index (Phi) is 5.04. The molecule has 5 nitrogen and oxygen atoms in total. The van der Waals surface area contributed by atoms with E-state index >= 15 is 0 Å². The van der Waals surface area contributed by atoms with E-state index in [-0.39, 0.29) is 27.0 Å². The third-order valence-corrected chi connectivity index (χ3v) is 3.06. The van der Waals surface area contributed by atoms with Gasteiger partial charge in [-0.2, -0.15) is 12.6 Å². The highest BCUT2D eigenvalue weighted by atomic mass is 35.5. The topological polar surface area (TPSA) is 67.8 Å². The van der Waals surface area contributed by atoms with Crippen LogP contribution >= 0.6 is 47.4 Å². The molecular formula is C11H7Cl3N4OS. The molecule has 20 heavy (non-hydrogen) atoms. The minimum absolute atomic E-state index is 0.0256. The number of rotatable bonds is 3. The first kappa shape index (κ1) is 15.3. The van der Waals surface area contributed by atoms with Crippen molar-refractivity contribution in [3.8, 4) is 0 Å². The number of thiol groups is 1. The first-order valence-corrected chi connectivity index (χ1v) is 7.03. The third kappa shape index (κ3) is 3.96.